The average molecular weight is 171 g/mol. The van der Waals surface area contributed by atoms with E-state index in [1.165, 1.54) is 19.3 Å². The van der Waals surface area contributed by atoms with Crippen LogP contribution in [0.5, 0.6) is 0 Å². The zero-order valence-corrected chi connectivity index (χ0v) is 8.34. The Bertz CT molecular complexity index is 126. The molecule has 0 amide bonds. The van der Waals surface area contributed by atoms with Crippen molar-refractivity contribution in [3.63, 3.8) is 0 Å². The lowest BCUT2D eigenvalue weighted by atomic mass is 9.90. The SMILES string of the molecule is CCN(CC)C1(O)CCCCC1. The fraction of sp³-hybridized carbons (Fsp3) is 1.00. The Kier molecular flexibility index (Phi) is 3.53. The van der Waals surface area contributed by atoms with Crippen LogP contribution < -0.4 is 0 Å². The van der Waals surface area contributed by atoms with Crippen LogP contribution in [0.3, 0.4) is 0 Å². The van der Waals surface area contributed by atoms with E-state index in [2.05, 4.69) is 18.7 Å². The molecule has 0 heterocycles. The third-order valence-corrected chi connectivity index (χ3v) is 3.01. The largest absolute Gasteiger partial charge is 0.376 e. The lowest BCUT2D eigenvalue weighted by Crippen LogP contribution is -2.49. The van der Waals surface area contributed by atoms with Gasteiger partial charge in [0, 0.05) is 0 Å². The standard InChI is InChI=1S/C10H21NO/c1-3-11(4-2)10(12)8-6-5-7-9-10/h12H,3-9H2,1-2H3. The maximum Gasteiger partial charge on any atom is 0.118 e. The third-order valence-electron chi connectivity index (χ3n) is 3.01. The van der Waals surface area contributed by atoms with Crippen LogP contribution in [-0.4, -0.2) is 28.8 Å². The van der Waals surface area contributed by atoms with Crippen molar-refractivity contribution in [1.29, 1.82) is 0 Å². The molecule has 1 aliphatic carbocycles. The Morgan fingerprint density at radius 3 is 2.00 bits per heavy atom. The highest BCUT2D eigenvalue weighted by atomic mass is 16.3. The second-order valence-corrected chi connectivity index (χ2v) is 3.72. The van der Waals surface area contributed by atoms with Gasteiger partial charge in [0.05, 0.1) is 0 Å². The molecule has 0 unspecified atom stereocenters. The summed E-state index contributed by atoms with van der Waals surface area (Å²) in [5.41, 5.74) is -0.470. The summed E-state index contributed by atoms with van der Waals surface area (Å²) >= 11 is 0. The molecule has 0 bridgehead atoms. The summed E-state index contributed by atoms with van der Waals surface area (Å²) in [4.78, 5) is 2.19. The number of aliphatic hydroxyl groups is 1. The molecule has 12 heavy (non-hydrogen) atoms. The van der Waals surface area contributed by atoms with Gasteiger partial charge in [0.1, 0.15) is 5.72 Å². The van der Waals surface area contributed by atoms with Crippen molar-refractivity contribution in [2.75, 3.05) is 13.1 Å². The molecule has 72 valence electrons. The van der Waals surface area contributed by atoms with Crippen molar-refractivity contribution in [1.82, 2.24) is 4.90 Å². The van der Waals surface area contributed by atoms with E-state index in [1.54, 1.807) is 0 Å². The number of rotatable bonds is 3. The first kappa shape index (κ1) is 10.0. The highest BCUT2D eigenvalue weighted by Crippen LogP contribution is 2.30. The maximum atomic E-state index is 10.3. The van der Waals surface area contributed by atoms with Crippen LogP contribution in [0.25, 0.3) is 0 Å². The molecule has 0 spiro atoms. The van der Waals surface area contributed by atoms with E-state index in [0.29, 0.717) is 0 Å². The Morgan fingerprint density at radius 1 is 1.08 bits per heavy atom. The fourth-order valence-electron chi connectivity index (χ4n) is 2.25. The van der Waals surface area contributed by atoms with Crippen LogP contribution in [0, 0.1) is 0 Å². The quantitative estimate of drug-likeness (QED) is 0.656. The van der Waals surface area contributed by atoms with E-state index in [9.17, 15) is 5.11 Å². The van der Waals surface area contributed by atoms with E-state index < -0.39 is 5.72 Å². The van der Waals surface area contributed by atoms with E-state index >= 15 is 0 Å². The summed E-state index contributed by atoms with van der Waals surface area (Å²) in [6.07, 6.45) is 5.60. The molecule has 1 rings (SSSR count). The smallest absolute Gasteiger partial charge is 0.118 e. The van der Waals surface area contributed by atoms with E-state index in [1.807, 2.05) is 0 Å². The third kappa shape index (κ3) is 1.99. The van der Waals surface area contributed by atoms with Gasteiger partial charge in [-0.3, -0.25) is 4.90 Å². The number of nitrogens with zero attached hydrogens (tertiary/aromatic N) is 1. The molecule has 0 atom stereocenters. The normalized spacial score (nSPS) is 23.0. The van der Waals surface area contributed by atoms with Gasteiger partial charge in [0.25, 0.3) is 0 Å². The zero-order valence-electron chi connectivity index (χ0n) is 8.34. The molecule has 0 aromatic heterocycles. The first-order chi connectivity index (χ1) is 5.73. The first-order valence-corrected chi connectivity index (χ1v) is 5.20. The van der Waals surface area contributed by atoms with E-state index in [4.69, 9.17) is 0 Å². The van der Waals surface area contributed by atoms with Crippen molar-refractivity contribution in [2.24, 2.45) is 0 Å². The molecule has 0 saturated heterocycles. The fourth-order valence-corrected chi connectivity index (χ4v) is 2.25. The molecule has 1 aliphatic rings. The lowest BCUT2D eigenvalue weighted by molar-refractivity contribution is -0.127. The molecule has 1 saturated carbocycles. The van der Waals surface area contributed by atoms with Gasteiger partial charge in [-0.15, -0.1) is 0 Å². The van der Waals surface area contributed by atoms with Crippen LogP contribution in [0.2, 0.25) is 0 Å². The van der Waals surface area contributed by atoms with Crippen LogP contribution in [-0.2, 0) is 0 Å². The van der Waals surface area contributed by atoms with Crippen molar-refractivity contribution in [3.05, 3.63) is 0 Å². The molecule has 0 radical (unpaired) electrons. The molecule has 2 heteroatoms. The van der Waals surface area contributed by atoms with Gasteiger partial charge in [0.15, 0.2) is 0 Å². The molecular formula is C10H21NO. The Balaban J connectivity index is 2.53. The minimum absolute atomic E-state index is 0.470. The topological polar surface area (TPSA) is 23.5 Å². The predicted molar refractivity (Wildman–Crippen MR) is 51.0 cm³/mol. The van der Waals surface area contributed by atoms with Crippen LogP contribution in [0.4, 0.5) is 0 Å². The Morgan fingerprint density at radius 2 is 1.58 bits per heavy atom. The van der Waals surface area contributed by atoms with Gasteiger partial charge in [-0.1, -0.05) is 20.3 Å². The molecule has 0 aromatic carbocycles. The van der Waals surface area contributed by atoms with Crippen molar-refractivity contribution >= 4 is 0 Å². The zero-order chi connectivity index (χ0) is 9.03. The van der Waals surface area contributed by atoms with Gasteiger partial charge in [-0.2, -0.15) is 0 Å². The predicted octanol–water partition coefficient (Wildman–Crippen LogP) is 1.98. The number of hydrogen-bond donors (Lipinski definition) is 1. The van der Waals surface area contributed by atoms with Crippen molar-refractivity contribution in [2.45, 2.75) is 51.7 Å². The van der Waals surface area contributed by atoms with E-state index in [0.717, 1.165) is 25.9 Å². The highest BCUT2D eigenvalue weighted by molar-refractivity contribution is 4.81. The Hall–Kier alpha value is -0.0800. The second kappa shape index (κ2) is 4.24. The molecule has 2 nitrogen and oxygen atoms in total. The van der Waals surface area contributed by atoms with Gasteiger partial charge in [-0.05, 0) is 38.8 Å². The van der Waals surface area contributed by atoms with Crippen LogP contribution >= 0.6 is 0 Å². The summed E-state index contributed by atoms with van der Waals surface area (Å²) < 4.78 is 0. The molecular weight excluding hydrogens is 150 g/mol. The van der Waals surface area contributed by atoms with Crippen molar-refractivity contribution in [3.8, 4) is 0 Å². The van der Waals surface area contributed by atoms with E-state index in [-0.39, 0.29) is 0 Å². The lowest BCUT2D eigenvalue weighted by Gasteiger charge is -2.41. The molecule has 1 fully saturated rings. The number of hydrogen-bond acceptors (Lipinski definition) is 2. The molecule has 1 N–H and O–H groups in total. The van der Waals surface area contributed by atoms with Crippen LogP contribution in [0.1, 0.15) is 46.0 Å². The molecule has 0 aromatic rings. The van der Waals surface area contributed by atoms with Gasteiger partial charge >= 0.3 is 0 Å². The van der Waals surface area contributed by atoms with Crippen LogP contribution in [0.15, 0.2) is 0 Å². The van der Waals surface area contributed by atoms with Crippen molar-refractivity contribution < 1.29 is 5.11 Å². The summed E-state index contributed by atoms with van der Waals surface area (Å²) in [5, 5.41) is 10.3. The van der Waals surface area contributed by atoms with Gasteiger partial charge in [0.2, 0.25) is 0 Å². The summed E-state index contributed by atoms with van der Waals surface area (Å²) in [6.45, 7) is 6.17. The average Bonchev–Trinajstić information content (AvgIpc) is 2.07. The molecule has 0 aliphatic heterocycles. The van der Waals surface area contributed by atoms with Gasteiger partial charge < -0.3 is 5.11 Å². The monoisotopic (exact) mass is 171 g/mol. The maximum absolute atomic E-state index is 10.3. The highest BCUT2D eigenvalue weighted by Gasteiger charge is 2.33. The first-order valence-electron chi connectivity index (χ1n) is 5.20. The van der Waals surface area contributed by atoms with Gasteiger partial charge in [-0.25, -0.2) is 0 Å². The Labute approximate surface area is 75.6 Å². The summed E-state index contributed by atoms with van der Waals surface area (Å²) in [5.74, 6) is 0. The summed E-state index contributed by atoms with van der Waals surface area (Å²) in [7, 11) is 0. The summed E-state index contributed by atoms with van der Waals surface area (Å²) in [6, 6.07) is 0. The minimum atomic E-state index is -0.470. The second-order valence-electron chi connectivity index (χ2n) is 3.72. The minimum Gasteiger partial charge on any atom is -0.376 e.